The third kappa shape index (κ3) is 5.35. The molecule has 0 saturated heterocycles. The first kappa shape index (κ1) is 14.8. The molecule has 1 aliphatic carbocycles. The van der Waals surface area contributed by atoms with Crippen molar-refractivity contribution in [2.24, 2.45) is 0 Å². The summed E-state index contributed by atoms with van der Waals surface area (Å²) in [5, 5.41) is 5.21. The van der Waals surface area contributed by atoms with Crippen LogP contribution in [0.4, 0.5) is 4.79 Å². The highest BCUT2D eigenvalue weighted by Crippen LogP contribution is 2.26. The molecule has 1 unspecified atom stereocenters. The van der Waals surface area contributed by atoms with Crippen LogP contribution in [-0.4, -0.2) is 55.7 Å². The number of esters is 1. The van der Waals surface area contributed by atoms with Crippen molar-refractivity contribution in [2.75, 3.05) is 26.7 Å². The van der Waals surface area contributed by atoms with Crippen LogP contribution < -0.4 is 10.6 Å². The van der Waals surface area contributed by atoms with Gasteiger partial charge < -0.3 is 15.4 Å². The zero-order valence-corrected chi connectivity index (χ0v) is 11.4. The summed E-state index contributed by atoms with van der Waals surface area (Å²) in [5.74, 6) is -0.421. The molecule has 1 aliphatic rings. The summed E-state index contributed by atoms with van der Waals surface area (Å²) >= 11 is 0. The Morgan fingerprint density at radius 2 is 2.06 bits per heavy atom. The zero-order chi connectivity index (χ0) is 13.5. The van der Waals surface area contributed by atoms with Crippen molar-refractivity contribution in [1.29, 1.82) is 0 Å². The highest BCUT2D eigenvalue weighted by molar-refractivity contribution is 5.80. The zero-order valence-electron chi connectivity index (χ0n) is 11.4. The van der Waals surface area contributed by atoms with Crippen molar-refractivity contribution < 1.29 is 14.3 Å². The molecule has 2 N–H and O–H groups in total. The smallest absolute Gasteiger partial charge is 0.325 e. The Kier molecular flexibility index (Phi) is 5.91. The highest BCUT2D eigenvalue weighted by atomic mass is 16.5. The molecule has 0 aliphatic heterocycles. The standard InChI is InChI=1S/C12H23N3O3/c1-4-18-11(16)8-14-12(17)13-7-9(2)15(3)10-5-6-10/h9-10H,4-8H2,1-3H3,(H2,13,14,17). The Balaban J connectivity index is 2.10. The van der Waals surface area contributed by atoms with Crippen LogP contribution in [-0.2, 0) is 9.53 Å². The van der Waals surface area contributed by atoms with Gasteiger partial charge in [0.2, 0.25) is 0 Å². The molecule has 1 saturated carbocycles. The number of hydrogen-bond acceptors (Lipinski definition) is 4. The first-order chi connectivity index (χ1) is 8.54. The van der Waals surface area contributed by atoms with Crippen LogP contribution >= 0.6 is 0 Å². The fourth-order valence-electron chi connectivity index (χ4n) is 1.65. The van der Waals surface area contributed by atoms with Crippen LogP contribution in [0.15, 0.2) is 0 Å². The number of carbonyl (C=O) groups is 2. The highest BCUT2D eigenvalue weighted by Gasteiger charge is 2.29. The average molecular weight is 257 g/mol. The first-order valence-corrected chi connectivity index (χ1v) is 6.43. The van der Waals surface area contributed by atoms with E-state index in [2.05, 4.69) is 29.5 Å². The molecular formula is C12H23N3O3. The molecule has 0 aromatic heterocycles. The lowest BCUT2D eigenvalue weighted by molar-refractivity contribution is -0.141. The van der Waals surface area contributed by atoms with E-state index in [4.69, 9.17) is 4.74 Å². The van der Waals surface area contributed by atoms with Gasteiger partial charge in [0.1, 0.15) is 6.54 Å². The van der Waals surface area contributed by atoms with Crippen LogP contribution in [0.3, 0.4) is 0 Å². The number of likely N-dealkylation sites (N-methyl/N-ethyl adjacent to an activating group) is 1. The minimum atomic E-state index is -0.421. The number of amides is 2. The van der Waals surface area contributed by atoms with Gasteiger partial charge in [-0.2, -0.15) is 0 Å². The third-order valence-corrected chi connectivity index (χ3v) is 3.07. The molecule has 0 heterocycles. The van der Waals surface area contributed by atoms with Crippen molar-refractivity contribution in [3.63, 3.8) is 0 Å². The maximum Gasteiger partial charge on any atom is 0.325 e. The van der Waals surface area contributed by atoms with Crippen LogP contribution in [0, 0.1) is 0 Å². The molecule has 0 bridgehead atoms. The predicted molar refractivity (Wildman–Crippen MR) is 68.3 cm³/mol. The first-order valence-electron chi connectivity index (χ1n) is 6.43. The van der Waals surface area contributed by atoms with Crippen molar-refractivity contribution in [3.05, 3.63) is 0 Å². The second kappa shape index (κ2) is 7.20. The van der Waals surface area contributed by atoms with Crippen molar-refractivity contribution in [2.45, 2.75) is 38.8 Å². The van der Waals surface area contributed by atoms with Gasteiger partial charge in [0.25, 0.3) is 0 Å². The van der Waals surface area contributed by atoms with E-state index >= 15 is 0 Å². The van der Waals surface area contributed by atoms with Gasteiger partial charge in [-0.3, -0.25) is 9.69 Å². The monoisotopic (exact) mass is 257 g/mol. The van der Waals surface area contributed by atoms with Gasteiger partial charge in [0, 0.05) is 18.6 Å². The Bertz CT molecular complexity index is 292. The summed E-state index contributed by atoms with van der Waals surface area (Å²) in [6, 6.07) is 0.634. The van der Waals surface area contributed by atoms with E-state index in [1.165, 1.54) is 12.8 Å². The van der Waals surface area contributed by atoms with Crippen LogP contribution in [0.5, 0.6) is 0 Å². The van der Waals surface area contributed by atoms with Gasteiger partial charge in [-0.05, 0) is 33.7 Å². The van der Waals surface area contributed by atoms with E-state index in [1.807, 2.05) is 0 Å². The van der Waals surface area contributed by atoms with Gasteiger partial charge in [-0.25, -0.2) is 4.79 Å². The Hall–Kier alpha value is -1.30. The summed E-state index contributed by atoms with van der Waals surface area (Å²) in [6.07, 6.45) is 2.49. The van der Waals surface area contributed by atoms with Gasteiger partial charge in [-0.1, -0.05) is 0 Å². The van der Waals surface area contributed by atoms with Gasteiger partial charge in [-0.15, -0.1) is 0 Å². The van der Waals surface area contributed by atoms with Crippen LogP contribution in [0.1, 0.15) is 26.7 Å². The fourth-order valence-corrected chi connectivity index (χ4v) is 1.65. The van der Waals surface area contributed by atoms with E-state index in [0.29, 0.717) is 25.2 Å². The quantitative estimate of drug-likeness (QED) is 0.645. The molecular weight excluding hydrogens is 234 g/mol. The number of urea groups is 1. The van der Waals surface area contributed by atoms with E-state index in [9.17, 15) is 9.59 Å². The molecule has 2 amide bonds. The molecule has 1 fully saturated rings. The minimum Gasteiger partial charge on any atom is -0.465 e. The topological polar surface area (TPSA) is 70.7 Å². The minimum absolute atomic E-state index is 0.0908. The van der Waals surface area contributed by atoms with Crippen molar-refractivity contribution in [1.82, 2.24) is 15.5 Å². The van der Waals surface area contributed by atoms with Gasteiger partial charge in [0.15, 0.2) is 0 Å². The lowest BCUT2D eigenvalue weighted by Gasteiger charge is -2.24. The fraction of sp³-hybridized carbons (Fsp3) is 0.833. The molecule has 0 spiro atoms. The number of hydrogen-bond donors (Lipinski definition) is 2. The number of carbonyl (C=O) groups excluding carboxylic acids is 2. The van der Waals surface area contributed by atoms with E-state index < -0.39 is 5.97 Å². The van der Waals surface area contributed by atoms with Crippen molar-refractivity contribution >= 4 is 12.0 Å². The summed E-state index contributed by atoms with van der Waals surface area (Å²) in [4.78, 5) is 24.7. The average Bonchev–Trinajstić information content (AvgIpc) is 3.17. The second-order valence-corrected chi connectivity index (χ2v) is 4.61. The molecule has 0 aromatic carbocycles. The molecule has 6 nitrogen and oxygen atoms in total. The third-order valence-electron chi connectivity index (χ3n) is 3.07. The Labute approximate surface area is 108 Å². The number of rotatable bonds is 7. The summed E-state index contributed by atoms with van der Waals surface area (Å²) < 4.78 is 4.71. The lowest BCUT2D eigenvalue weighted by Crippen LogP contribution is -2.45. The van der Waals surface area contributed by atoms with Crippen LogP contribution in [0.2, 0.25) is 0 Å². The molecule has 18 heavy (non-hydrogen) atoms. The summed E-state index contributed by atoms with van der Waals surface area (Å²) in [5.41, 5.74) is 0. The normalized spacial score (nSPS) is 16.2. The molecule has 104 valence electrons. The maximum atomic E-state index is 11.4. The summed E-state index contributed by atoms with van der Waals surface area (Å²) in [6.45, 7) is 4.61. The molecule has 0 aromatic rings. The number of nitrogens with zero attached hydrogens (tertiary/aromatic N) is 1. The lowest BCUT2D eigenvalue weighted by atomic mass is 10.3. The number of nitrogens with one attached hydrogen (secondary N) is 2. The maximum absolute atomic E-state index is 11.4. The molecule has 6 heteroatoms. The predicted octanol–water partition coefficient (Wildman–Crippen LogP) is 0.331. The number of ether oxygens (including phenoxy) is 1. The van der Waals surface area contributed by atoms with Crippen molar-refractivity contribution in [3.8, 4) is 0 Å². The largest absolute Gasteiger partial charge is 0.465 e. The van der Waals surface area contributed by atoms with E-state index in [1.54, 1.807) is 6.92 Å². The van der Waals surface area contributed by atoms with E-state index in [0.717, 1.165) is 0 Å². The Morgan fingerprint density at radius 1 is 1.39 bits per heavy atom. The van der Waals surface area contributed by atoms with Gasteiger partial charge >= 0.3 is 12.0 Å². The van der Waals surface area contributed by atoms with Gasteiger partial charge in [0.05, 0.1) is 6.61 Å². The summed E-state index contributed by atoms with van der Waals surface area (Å²) in [7, 11) is 2.07. The Morgan fingerprint density at radius 3 is 2.61 bits per heavy atom. The van der Waals surface area contributed by atoms with E-state index in [-0.39, 0.29) is 12.6 Å². The second-order valence-electron chi connectivity index (χ2n) is 4.61. The molecule has 1 rings (SSSR count). The SMILES string of the molecule is CCOC(=O)CNC(=O)NCC(C)N(C)C1CC1. The molecule has 1 atom stereocenters. The van der Waals surface area contributed by atoms with Crippen LogP contribution in [0.25, 0.3) is 0 Å². The molecule has 0 radical (unpaired) electrons.